The summed E-state index contributed by atoms with van der Waals surface area (Å²) in [5.41, 5.74) is 16.7. The van der Waals surface area contributed by atoms with Crippen LogP contribution in [0.1, 0.15) is 40.7 Å². The second-order valence-electron chi connectivity index (χ2n) is 11.4. The fourth-order valence-corrected chi connectivity index (χ4v) is 14.2. The molecular formula is C42H30Cl2Hf. The Labute approximate surface area is 289 Å². The van der Waals surface area contributed by atoms with Crippen LogP contribution in [0.15, 0.2) is 158 Å². The molecule has 0 amide bonds. The molecule has 3 heteroatoms. The van der Waals surface area contributed by atoms with Crippen molar-refractivity contribution in [1.29, 1.82) is 0 Å². The fourth-order valence-electron chi connectivity index (χ4n) is 6.69. The Hall–Kier alpha value is -3.75. The maximum atomic E-state index is 2.48. The van der Waals surface area contributed by atoms with Gasteiger partial charge in [0.25, 0.3) is 0 Å². The molecule has 0 bridgehead atoms. The Morgan fingerprint density at radius 3 is 1.13 bits per heavy atom. The molecule has 0 N–H and O–H groups in total. The Kier molecular flexibility index (Phi) is 9.52. The van der Waals surface area contributed by atoms with Gasteiger partial charge in [-0.1, -0.05) is 0 Å². The first kappa shape index (κ1) is 31.2. The molecule has 2 unspecified atom stereocenters. The van der Waals surface area contributed by atoms with Crippen LogP contribution in [-0.2, 0) is 22.9 Å². The molecule has 6 aromatic carbocycles. The monoisotopic (exact) mass is 784 g/mol. The van der Waals surface area contributed by atoms with Gasteiger partial charge in [-0.05, 0) is 0 Å². The molecule has 0 aromatic heterocycles. The van der Waals surface area contributed by atoms with Crippen molar-refractivity contribution in [2.24, 2.45) is 0 Å². The summed E-state index contributed by atoms with van der Waals surface area (Å²) < 4.78 is 0.998. The van der Waals surface area contributed by atoms with Crippen LogP contribution < -0.4 is 24.8 Å². The number of hydrogen-bond donors (Lipinski definition) is 0. The number of rotatable bonds is 6. The van der Waals surface area contributed by atoms with E-state index in [0.29, 0.717) is 7.35 Å². The first-order valence-corrected chi connectivity index (χ1v) is 19.2. The van der Waals surface area contributed by atoms with Crippen LogP contribution in [-0.4, -0.2) is 0 Å². The first-order valence-electron chi connectivity index (χ1n) is 15.0. The first-order chi connectivity index (χ1) is 21.3. The van der Waals surface area contributed by atoms with E-state index < -0.39 is 22.9 Å². The molecule has 2 aliphatic rings. The second kappa shape index (κ2) is 13.7. The summed E-state index contributed by atoms with van der Waals surface area (Å²) in [6.45, 7) is 0. The molecule has 216 valence electrons. The SMILES string of the molecule is C1=C(c2cccc(-c3ccccc3)c2)[CH]([Hf+2][CH]2C(c3cccc(-c4ccccc4)c3)=Cc3ccccc32)c2ccccc21.[Cl-].[Cl-]. The van der Waals surface area contributed by atoms with Gasteiger partial charge < -0.3 is 24.8 Å². The predicted molar refractivity (Wildman–Crippen MR) is 178 cm³/mol. The summed E-state index contributed by atoms with van der Waals surface area (Å²) in [7, 11) is 0. The Morgan fingerprint density at radius 1 is 0.333 bits per heavy atom. The third-order valence-electron chi connectivity index (χ3n) is 8.80. The molecule has 2 atom stereocenters. The molecule has 8 rings (SSSR count). The van der Waals surface area contributed by atoms with E-state index in [0.717, 1.165) is 0 Å². The van der Waals surface area contributed by atoms with E-state index in [1.807, 2.05) is 0 Å². The minimum atomic E-state index is -1.42. The summed E-state index contributed by atoms with van der Waals surface area (Å²) >= 11 is -1.42. The maximum absolute atomic E-state index is 2.48. The van der Waals surface area contributed by atoms with Gasteiger partial charge in [-0.3, -0.25) is 0 Å². The van der Waals surface area contributed by atoms with E-state index in [1.165, 1.54) is 66.8 Å². The molecule has 0 saturated carbocycles. The van der Waals surface area contributed by atoms with Crippen molar-refractivity contribution in [2.45, 2.75) is 7.35 Å². The van der Waals surface area contributed by atoms with E-state index in [2.05, 4.69) is 170 Å². The molecule has 0 nitrogen and oxygen atoms in total. The van der Waals surface area contributed by atoms with Gasteiger partial charge in [0.15, 0.2) is 0 Å². The number of halogens is 2. The summed E-state index contributed by atoms with van der Waals surface area (Å²) in [5, 5.41) is 0. The van der Waals surface area contributed by atoms with E-state index in [1.54, 1.807) is 0 Å². The largest absolute Gasteiger partial charge is 1.00 e. The molecular weight excluding hydrogens is 754 g/mol. The smallest absolute Gasteiger partial charge is 1.00 e. The molecule has 2 aliphatic carbocycles. The Balaban J connectivity index is 0.00000179. The zero-order valence-electron chi connectivity index (χ0n) is 24.6. The third kappa shape index (κ3) is 6.10. The molecule has 6 aromatic rings. The van der Waals surface area contributed by atoms with E-state index in [9.17, 15) is 0 Å². The van der Waals surface area contributed by atoms with Gasteiger partial charge in [-0.15, -0.1) is 0 Å². The van der Waals surface area contributed by atoms with Crippen LogP contribution in [0.5, 0.6) is 0 Å². The number of allylic oxidation sites excluding steroid dienone is 2. The minimum Gasteiger partial charge on any atom is -1.00 e. The fraction of sp³-hybridized carbons (Fsp3) is 0.0476. The molecule has 0 spiro atoms. The zero-order valence-corrected chi connectivity index (χ0v) is 29.7. The molecule has 0 aliphatic heterocycles. The van der Waals surface area contributed by atoms with Crippen LogP contribution in [0.3, 0.4) is 0 Å². The van der Waals surface area contributed by atoms with Crippen molar-refractivity contribution < 1.29 is 47.7 Å². The van der Waals surface area contributed by atoms with Gasteiger partial charge in [0.1, 0.15) is 0 Å². The maximum Gasteiger partial charge on any atom is -1.00 e. The molecule has 0 radical (unpaired) electrons. The molecule has 0 heterocycles. The van der Waals surface area contributed by atoms with Crippen LogP contribution in [0.2, 0.25) is 0 Å². The third-order valence-corrected chi connectivity index (χ3v) is 15.7. The van der Waals surface area contributed by atoms with Crippen LogP contribution in [0.4, 0.5) is 0 Å². The van der Waals surface area contributed by atoms with Crippen LogP contribution in [0, 0.1) is 0 Å². The summed E-state index contributed by atoms with van der Waals surface area (Å²) in [4.78, 5) is 0. The van der Waals surface area contributed by atoms with Gasteiger partial charge in [0, 0.05) is 0 Å². The summed E-state index contributed by atoms with van der Waals surface area (Å²) in [5.74, 6) is 0. The minimum absolute atomic E-state index is 0. The van der Waals surface area contributed by atoms with Crippen molar-refractivity contribution >= 4 is 23.3 Å². The molecule has 0 saturated heterocycles. The van der Waals surface area contributed by atoms with Crippen molar-refractivity contribution in [1.82, 2.24) is 0 Å². The van der Waals surface area contributed by atoms with Crippen molar-refractivity contribution in [3.8, 4) is 22.3 Å². The number of hydrogen-bond acceptors (Lipinski definition) is 0. The predicted octanol–water partition coefficient (Wildman–Crippen LogP) is 5.00. The number of fused-ring (bicyclic) bond motifs is 2. The van der Waals surface area contributed by atoms with Gasteiger partial charge in [0.2, 0.25) is 0 Å². The van der Waals surface area contributed by atoms with Crippen molar-refractivity contribution in [3.05, 3.63) is 191 Å². The van der Waals surface area contributed by atoms with E-state index in [4.69, 9.17) is 0 Å². The molecule has 0 fully saturated rings. The summed E-state index contributed by atoms with van der Waals surface area (Å²) in [6, 6.07) is 58.2. The van der Waals surface area contributed by atoms with Gasteiger partial charge in [-0.2, -0.15) is 0 Å². The van der Waals surface area contributed by atoms with Crippen LogP contribution >= 0.6 is 0 Å². The Bertz CT molecular complexity index is 1860. The van der Waals surface area contributed by atoms with E-state index >= 15 is 0 Å². The average Bonchev–Trinajstić information content (AvgIpc) is 3.64. The van der Waals surface area contributed by atoms with Crippen molar-refractivity contribution in [3.63, 3.8) is 0 Å². The standard InChI is InChI=1S/2C21H15.2ClH.Hf/c2*1-2-7-16(8-3-1)17-11-6-12-20(13-17)21-14-18-9-4-5-10-19(18)15-21;;;/h2*1-15H;2*1H;/q;;;;+2/p-2. The quantitative estimate of drug-likeness (QED) is 0.209. The number of benzene rings is 6. The molecule has 45 heavy (non-hydrogen) atoms. The average molecular weight is 784 g/mol. The van der Waals surface area contributed by atoms with E-state index in [-0.39, 0.29) is 24.8 Å². The zero-order chi connectivity index (χ0) is 28.6. The summed E-state index contributed by atoms with van der Waals surface area (Å²) in [6.07, 6.45) is 4.97. The van der Waals surface area contributed by atoms with Gasteiger partial charge in [-0.25, -0.2) is 0 Å². The van der Waals surface area contributed by atoms with Crippen LogP contribution in [0.25, 0.3) is 45.6 Å². The second-order valence-corrected chi connectivity index (χ2v) is 16.7. The van der Waals surface area contributed by atoms with Gasteiger partial charge >= 0.3 is 267 Å². The van der Waals surface area contributed by atoms with Crippen molar-refractivity contribution in [2.75, 3.05) is 0 Å². The van der Waals surface area contributed by atoms with Gasteiger partial charge in [0.05, 0.1) is 0 Å². The topological polar surface area (TPSA) is 0 Å². The Morgan fingerprint density at radius 2 is 0.689 bits per heavy atom. The normalized spacial score (nSPS) is 15.8.